The van der Waals surface area contributed by atoms with Gasteiger partial charge in [0.05, 0.1) is 17.1 Å². The van der Waals surface area contributed by atoms with Crippen LogP contribution in [0, 0.1) is 5.82 Å². The van der Waals surface area contributed by atoms with E-state index in [0.717, 1.165) is 27.7 Å². The molecule has 4 aromatic rings. The molecule has 6 heteroatoms. The molecule has 0 atom stereocenters. The van der Waals surface area contributed by atoms with Gasteiger partial charge < -0.3 is 10.3 Å². The summed E-state index contributed by atoms with van der Waals surface area (Å²) in [6.07, 6.45) is 0.251. The number of carbonyl (C=O) groups excluding carboxylic acids is 1. The lowest BCUT2D eigenvalue weighted by Crippen LogP contribution is -2.13. The molecular weight excluding hydrogens is 397 g/mol. The monoisotopic (exact) mass is 417 g/mol. The molecule has 0 saturated heterocycles. The number of benzene rings is 3. The second-order valence-corrected chi connectivity index (χ2v) is 7.71. The van der Waals surface area contributed by atoms with Gasteiger partial charge in [-0.2, -0.15) is 0 Å². The van der Waals surface area contributed by atoms with Gasteiger partial charge in [0.1, 0.15) is 5.82 Å². The van der Waals surface area contributed by atoms with Gasteiger partial charge in [0, 0.05) is 23.3 Å². The zero-order chi connectivity index (χ0) is 20.8. The number of thioether (sulfide) groups is 1. The summed E-state index contributed by atoms with van der Waals surface area (Å²) >= 11 is 1.47. The van der Waals surface area contributed by atoms with Crippen molar-refractivity contribution < 1.29 is 9.18 Å². The Morgan fingerprint density at radius 1 is 0.900 bits per heavy atom. The van der Waals surface area contributed by atoms with Gasteiger partial charge in [0.2, 0.25) is 5.91 Å². The van der Waals surface area contributed by atoms with Gasteiger partial charge in [-0.15, -0.1) is 0 Å². The molecule has 0 aliphatic heterocycles. The third kappa shape index (κ3) is 4.78. The molecule has 2 N–H and O–H groups in total. The van der Waals surface area contributed by atoms with E-state index in [0.29, 0.717) is 5.75 Å². The van der Waals surface area contributed by atoms with Crippen LogP contribution in [0.3, 0.4) is 0 Å². The summed E-state index contributed by atoms with van der Waals surface area (Å²) in [6, 6.07) is 26.2. The van der Waals surface area contributed by atoms with E-state index in [1.54, 1.807) is 18.2 Å². The minimum Gasteiger partial charge on any atom is -0.332 e. The lowest BCUT2D eigenvalue weighted by molar-refractivity contribution is -0.115. The molecule has 150 valence electrons. The summed E-state index contributed by atoms with van der Waals surface area (Å²) in [6.45, 7) is 0. The van der Waals surface area contributed by atoms with E-state index in [1.165, 1.54) is 17.8 Å². The number of imidazole rings is 1. The van der Waals surface area contributed by atoms with Gasteiger partial charge in [-0.25, -0.2) is 9.37 Å². The first-order chi connectivity index (χ1) is 14.7. The van der Waals surface area contributed by atoms with Gasteiger partial charge >= 0.3 is 0 Å². The summed E-state index contributed by atoms with van der Waals surface area (Å²) in [5, 5.41) is 3.35. The first-order valence-electron chi connectivity index (χ1n) is 9.59. The number of nitrogens with one attached hydrogen (secondary N) is 2. The standard InChI is InChI=1S/C24H20FN3OS/c25-19-13-7-8-14-20(19)26-21(29)15-16-30-24-27-22(17-9-3-1-4-10-17)23(28-24)18-11-5-2-6-12-18/h1-14H,15-16H2,(H,26,29)(H,27,28). The molecule has 4 rings (SSSR count). The van der Waals surface area contributed by atoms with Crippen LogP contribution < -0.4 is 5.32 Å². The van der Waals surface area contributed by atoms with Crippen LogP contribution in [-0.4, -0.2) is 21.6 Å². The van der Waals surface area contributed by atoms with E-state index < -0.39 is 5.82 Å². The van der Waals surface area contributed by atoms with E-state index >= 15 is 0 Å². The number of rotatable bonds is 7. The molecule has 0 spiro atoms. The average molecular weight is 418 g/mol. The SMILES string of the molecule is O=C(CCSc1nc(-c2ccccc2)c(-c2ccccc2)[nH]1)Nc1ccccc1F. The van der Waals surface area contributed by atoms with Gasteiger partial charge in [-0.1, -0.05) is 84.6 Å². The van der Waals surface area contributed by atoms with E-state index in [-0.39, 0.29) is 18.0 Å². The zero-order valence-electron chi connectivity index (χ0n) is 16.1. The molecule has 3 aromatic carbocycles. The number of anilines is 1. The van der Waals surface area contributed by atoms with Crippen molar-refractivity contribution in [2.45, 2.75) is 11.6 Å². The topological polar surface area (TPSA) is 57.8 Å². The number of amides is 1. The zero-order valence-corrected chi connectivity index (χ0v) is 17.0. The Balaban J connectivity index is 1.46. The molecular formula is C24H20FN3OS. The number of para-hydroxylation sites is 1. The fraction of sp³-hybridized carbons (Fsp3) is 0.0833. The number of aromatic nitrogens is 2. The molecule has 1 aromatic heterocycles. The third-order valence-corrected chi connectivity index (χ3v) is 5.38. The van der Waals surface area contributed by atoms with E-state index in [1.807, 2.05) is 60.7 Å². The van der Waals surface area contributed by atoms with Crippen molar-refractivity contribution in [3.8, 4) is 22.5 Å². The highest BCUT2D eigenvalue weighted by Crippen LogP contribution is 2.32. The smallest absolute Gasteiger partial charge is 0.225 e. The Morgan fingerprint density at radius 3 is 2.23 bits per heavy atom. The molecule has 0 unspecified atom stereocenters. The van der Waals surface area contributed by atoms with Crippen LogP contribution in [0.5, 0.6) is 0 Å². The second-order valence-electron chi connectivity index (χ2n) is 6.62. The van der Waals surface area contributed by atoms with Crippen LogP contribution in [0.15, 0.2) is 90.1 Å². The number of hydrogen-bond acceptors (Lipinski definition) is 3. The van der Waals surface area contributed by atoms with Crippen LogP contribution in [0.2, 0.25) is 0 Å². The van der Waals surface area contributed by atoms with Gasteiger partial charge in [-0.05, 0) is 12.1 Å². The third-order valence-electron chi connectivity index (χ3n) is 4.51. The van der Waals surface area contributed by atoms with Crippen molar-refractivity contribution in [1.82, 2.24) is 9.97 Å². The Kier molecular flexibility index (Phi) is 6.25. The first kappa shape index (κ1) is 19.9. The van der Waals surface area contributed by atoms with Crippen molar-refractivity contribution in [1.29, 1.82) is 0 Å². The molecule has 4 nitrogen and oxygen atoms in total. The van der Waals surface area contributed by atoms with Gasteiger partial charge in [0.25, 0.3) is 0 Å². The minimum atomic E-state index is -0.440. The Bertz CT molecular complexity index is 1070. The summed E-state index contributed by atoms with van der Waals surface area (Å²) in [5.41, 5.74) is 4.09. The van der Waals surface area contributed by atoms with Crippen LogP contribution >= 0.6 is 11.8 Å². The Morgan fingerprint density at radius 2 is 1.53 bits per heavy atom. The summed E-state index contributed by atoms with van der Waals surface area (Å²) in [4.78, 5) is 20.3. The maximum absolute atomic E-state index is 13.7. The predicted molar refractivity (Wildman–Crippen MR) is 120 cm³/mol. The van der Waals surface area contributed by atoms with Crippen molar-refractivity contribution in [2.24, 2.45) is 0 Å². The fourth-order valence-corrected chi connectivity index (χ4v) is 3.87. The number of H-pyrrole nitrogens is 1. The summed E-state index contributed by atoms with van der Waals surface area (Å²) in [7, 11) is 0. The molecule has 1 amide bonds. The van der Waals surface area contributed by atoms with Crippen LogP contribution in [0.4, 0.5) is 10.1 Å². The molecule has 0 fully saturated rings. The maximum atomic E-state index is 13.7. The normalized spacial score (nSPS) is 10.7. The quantitative estimate of drug-likeness (QED) is 0.362. The Labute approximate surface area is 178 Å². The van der Waals surface area contributed by atoms with Gasteiger partial charge in [0.15, 0.2) is 5.16 Å². The predicted octanol–water partition coefficient (Wildman–Crippen LogP) is 6.00. The van der Waals surface area contributed by atoms with E-state index in [4.69, 9.17) is 4.98 Å². The molecule has 30 heavy (non-hydrogen) atoms. The maximum Gasteiger partial charge on any atom is 0.225 e. The van der Waals surface area contributed by atoms with E-state index in [9.17, 15) is 9.18 Å². The molecule has 0 aliphatic carbocycles. The number of aromatic amines is 1. The first-order valence-corrected chi connectivity index (χ1v) is 10.6. The number of halogens is 1. The average Bonchev–Trinajstić information content (AvgIpc) is 3.21. The van der Waals surface area contributed by atoms with Crippen LogP contribution in [0.25, 0.3) is 22.5 Å². The largest absolute Gasteiger partial charge is 0.332 e. The Hall–Kier alpha value is -3.38. The van der Waals surface area contributed by atoms with E-state index in [2.05, 4.69) is 10.3 Å². The van der Waals surface area contributed by atoms with Crippen molar-refractivity contribution in [3.63, 3.8) is 0 Å². The summed E-state index contributed by atoms with van der Waals surface area (Å²) in [5.74, 6) is -0.147. The lowest BCUT2D eigenvalue weighted by Gasteiger charge is -2.05. The molecule has 1 heterocycles. The highest BCUT2D eigenvalue weighted by Gasteiger charge is 2.15. The molecule has 0 saturated carbocycles. The fourth-order valence-electron chi connectivity index (χ4n) is 3.05. The molecule has 0 bridgehead atoms. The summed E-state index contributed by atoms with van der Waals surface area (Å²) < 4.78 is 13.7. The minimum absolute atomic E-state index is 0.197. The molecule has 0 aliphatic rings. The molecule has 0 radical (unpaired) electrons. The lowest BCUT2D eigenvalue weighted by atomic mass is 10.1. The van der Waals surface area contributed by atoms with Crippen molar-refractivity contribution >= 4 is 23.4 Å². The highest BCUT2D eigenvalue weighted by molar-refractivity contribution is 7.99. The number of carbonyl (C=O) groups is 1. The number of nitrogens with zero attached hydrogens (tertiary/aromatic N) is 1. The van der Waals surface area contributed by atoms with Crippen LogP contribution in [-0.2, 0) is 4.79 Å². The van der Waals surface area contributed by atoms with Crippen molar-refractivity contribution in [2.75, 3.05) is 11.1 Å². The van der Waals surface area contributed by atoms with Gasteiger partial charge in [-0.3, -0.25) is 4.79 Å². The second kappa shape index (κ2) is 9.41. The number of hydrogen-bond donors (Lipinski definition) is 2. The highest BCUT2D eigenvalue weighted by atomic mass is 32.2. The van der Waals surface area contributed by atoms with Crippen molar-refractivity contribution in [3.05, 3.63) is 90.7 Å². The van der Waals surface area contributed by atoms with Crippen LogP contribution in [0.1, 0.15) is 6.42 Å².